The van der Waals surface area contributed by atoms with Crippen LogP contribution in [0.3, 0.4) is 0 Å². The Morgan fingerprint density at radius 1 is 1.12 bits per heavy atom. The van der Waals surface area contributed by atoms with Gasteiger partial charge in [0, 0.05) is 6.54 Å². The summed E-state index contributed by atoms with van der Waals surface area (Å²) in [5.41, 5.74) is 2.93. The zero-order chi connectivity index (χ0) is 19.1. The van der Waals surface area contributed by atoms with E-state index in [2.05, 4.69) is 11.9 Å². The number of carbonyl (C=O) groups excluding carboxylic acids is 2. The molecule has 0 aliphatic carbocycles. The van der Waals surface area contributed by atoms with E-state index in [9.17, 15) is 9.59 Å². The maximum atomic E-state index is 11.8. The second kappa shape index (κ2) is 8.71. The first-order chi connectivity index (χ1) is 12.4. The van der Waals surface area contributed by atoms with Gasteiger partial charge in [-0.3, -0.25) is 0 Å². The van der Waals surface area contributed by atoms with Gasteiger partial charge in [0.15, 0.2) is 0 Å². The quantitative estimate of drug-likeness (QED) is 0.628. The van der Waals surface area contributed by atoms with Crippen molar-refractivity contribution in [3.8, 4) is 16.9 Å². The Kier molecular flexibility index (Phi) is 6.38. The second-order valence-corrected chi connectivity index (χ2v) is 5.54. The Morgan fingerprint density at radius 2 is 1.88 bits per heavy atom. The molecule has 2 aromatic carbocycles. The number of hydrogen-bond acceptors (Lipinski definition) is 5. The van der Waals surface area contributed by atoms with Crippen LogP contribution in [-0.2, 0) is 16.0 Å². The smallest absolute Gasteiger partial charge is 0.412 e. The standard InChI is InChI=1S/C20H21NO5/c1-13(2)26-20(23)21-12-16-11-17(24-3)8-9-18(16)14-6-5-7-15(10-14)19(22)25-4/h5-11H,1,12H2,2-4H3,(H,21,23). The van der Waals surface area contributed by atoms with Crippen LogP contribution in [0, 0.1) is 0 Å². The number of rotatable bonds is 6. The molecule has 6 nitrogen and oxygen atoms in total. The maximum absolute atomic E-state index is 11.8. The number of hydrogen-bond donors (Lipinski definition) is 1. The van der Waals surface area contributed by atoms with Crippen LogP contribution in [0.2, 0.25) is 0 Å². The first-order valence-corrected chi connectivity index (χ1v) is 7.91. The topological polar surface area (TPSA) is 73.9 Å². The van der Waals surface area contributed by atoms with Crippen LogP contribution in [0.4, 0.5) is 4.79 Å². The molecule has 0 spiro atoms. The summed E-state index contributed by atoms with van der Waals surface area (Å²) in [5.74, 6) is 0.548. The van der Waals surface area contributed by atoms with Crippen molar-refractivity contribution in [3.63, 3.8) is 0 Å². The third-order valence-corrected chi connectivity index (χ3v) is 3.60. The van der Waals surface area contributed by atoms with Gasteiger partial charge in [0.2, 0.25) is 0 Å². The van der Waals surface area contributed by atoms with E-state index in [0.29, 0.717) is 17.1 Å². The van der Waals surface area contributed by atoms with Crippen molar-refractivity contribution in [2.24, 2.45) is 0 Å². The Hall–Kier alpha value is -3.28. The van der Waals surface area contributed by atoms with Crippen LogP contribution < -0.4 is 10.1 Å². The highest BCUT2D eigenvalue weighted by atomic mass is 16.6. The Bertz CT molecular complexity index is 829. The lowest BCUT2D eigenvalue weighted by atomic mass is 9.97. The van der Waals surface area contributed by atoms with Crippen molar-refractivity contribution in [3.05, 3.63) is 65.9 Å². The number of alkyl carbamates (subject to hydrolysis) is 1. The molecule has 1 N–H and O–H groups in total. The molecule has 0 saturated carbocycles. The molecule has 1 amide bonds. The van der Waals surface area contributed by atoms with E-state index < -0.39 is 12.1 Å². The Labute approximate surface area is 152 Å². The summed E-state index contributed by atoms with van der Waals surface area (Å²) in [5, 5.41) is 2.67. The maximum Gasteiger partial charge on any atom is 0.412 e. The average molecular weight is 355 g/mol. The van der Waals surface area contributed by atoms with Gasteiger partial charge in [-0.1, -0.05) is 24.8 Å². The highest BCUT2D eigenvalue weighted by Crippen LogP contribution is 2.28. The van der Waals surface area contributed by atoms with E-state index in [0.717, 1.165) is 16.7 Å². The fourth-order valence-electron chi connectivity index (χ4n) is 2.42. The van der Waals surface area contributed by atoms with E-state index >= 15 is 0 Å². The van der Waals surface area contributed by atoms with Gasteiger partial charge in [0.25, 0.3) is 0 Å². The molecule has 0 bridgehead atoms. The summed E-state index contributed by atoms with van der Waals surface area (Å²) < 4.78 is 14.9. The molecule has 0 unspecified atom stereocenters. The number of allylic oxidation sites excluding steroid dienone is 1. The monoisotopic (exact) mass is 355 g/mol. The molecule has 2 rings (SSSR count). The third-order valence-electron chi connectivity index (χ3n) is 3.60. The van der Waals surface area contributed by atoms with Crippen LogP contribution in [-0.4, -0.2) is 26.3 Å². The van der Waals surface area contributed by atoms with Gasteiger partial charge in [-0.05, 0) is 47.9 Å². The Morgan fingerprint density at radius 3 is 2.54 bits per heavy atom. The number of nitrogens with one attached hydrogen (secondary N) is 1. The predicted molar refractivity (Wildman–Crippen MR) is 97.9 cm³/mol. The molecule has 0 saturated heterocycles. The van der Waals surface area contributed by atoms with Gasteiger partial charge in [0.05, 0.1) is 25.5 Å². The number of esters is 1. The summed E-state index contributed by atoms with van der Waals surface area (Å²) in [6, 6.07) is 12.6. The number of ether oxygens (including phenoxy) is 3. The molecule has 0 aliphatic heterocycles. The van der Waals surface area contributed by atoms with Crippen LogP contribution in [0.25, 0.3) is 11.1 Å². The summed E-state index contributed by atoms with van der Waals surface area (Å²) in [4.78, 5) is 23.5. The number of amides is 1. The summed E-state index contributed by atoms with van der Waals surface area (Å²) in [7, 11) is 2.91. The summed E-state index contributed by atoms with van der Waals surface area (Å²) in [6.07, 6.45) is -0.588. The lowest BCUT2D eigenvalue weighted by molar-refractivity contribution is 0.0600. The minimum atomic E-state index is -0.588. The fourth-order valence-corrected chi connectivity index (χ4v) is 2.42. The van der Waals surface area contributed by atoms with Gasteiger partial charge in [0.1, 0.15) is 5.75 Å². The molecule has 0 radical (unpaired) electrons. The fraction of sp³-hybridized carbons (Fsp3) is 0.200. The molecule has 0 fully saturated rings. The zero-order valence-corrected chi connectivity index (χ0v) is 15.0. The molecule has 0 heterocycles. The van der Waals surface area contributed by atoms with E-state index in [1.54, 1.807) is 32.2 Å². The van der Waals surface area contributed by atoms with Gasteiger partial charge in [-0.15, -0.1) is 0 Å². The number of methoxy groups -OCH3 is 2. The highest BCUT2D eigenvalue weighted by Gasteiger charge is 2.12. The van der Waals surface area contributed by atoms with E-state index in [1.807, 2.05) is 24.3 Å². The van der Waals surface area contributed by atoms with Crippen LogP contribution in [0.1, 0.15) is 22.8 Å². The summed E-state index contributed by atoms with van der Waals surface area (Å²) in [6.45, 7) is 5.35. The van der Waals surface area contributed by atoms with Crippen molar-refractivity contribution in [1.82, 2.24) is 5.32 Å². The molecular formula is C20H21NO5. The zero-order valence-electron chi connectivity index (χ0n) is 15.0. The lowest BCUT2D eigenvalue weighted by Crippen LogP contribution is -2.23. The molecular weight excluding hydrogens is 334 g/mol. The second-order valence-electron chi connectivity index (χ2n) is 5.54. The van der Waals surface area contributed by atoms with Crippen LogP contribution >= 0.6 is 0 Å². The number of carbonyl (C=O) groups is 2. The van der Waals surface area contributed by atoms with Crippen molar-refractivity contribution >= 4 is 12.1 Å². The van der Waals surface area contributed by atoms with E-state index in [-0.39, 0.29) is 6.54 Å². The van der Waals surface area contributed by atoms with Crippen LogP contribution in [0.15, 0.2) is 54.8 Å². The van der Waals surface area contributed by atoms with E-state index in [1.165, 1.54) is 7.11 Å². The Balaban J connectivity index is 2.34. The molecule has 0 atom stereocenters. The highest BCUT2D eigenvalue weighted by molar-refractivity contribution is 5.91. The van der Waals surface area contributed by atoms with Crippen molar-refractivity contribution in [2.45, 2.75) is 13.5 Å². The molecule has 0 aromatic heterocycles. The molecule has 26 heavy (non-hydrogen) atoms. The van der Waals surface area contributed by atoms with Gasteiger partial charge < -0.3 is 19.5 Å². The largest absolute Gasteiger partial charge is 0.497 e. The first kappa shape index (κ1) is 19.1. The van der Waals surface area contributed by atoms with Crippen LogP contribution in [0.5, 0.6) is 5.75 Å². The van der Waals surface area contributed by atoms with Gasteiger partial charge in [-0.25, -0.2) is 9.59 Å². The van der Waals surface area contributed by atoms with Gasteiger partial charge in [-0.2, -0.15) is 0 Å². The molecule has 2 aromatic rings. The molecule has 136 valence electrons. The number of benzene rings is 2. The van der Waals surface area contributed by atoms with Crippen molar-refractivity contribution < 1.29 is 23.8 Å². The van der Waals surface area contributed by atoms with Crippen molar-refractivity contribution in [1.29, 1.82) is 0 Å². The minimum Gasteiger partial charge on any atom is -0.497 e. The normalized spacial score (nSPS) is 9.96. The SMILES string of the molecule is C=C(C)OC(=O)NCc1cc(OC)ccc1-c1cccc(C(=O)OC)c1. The predicted octanol–water partition coefficient (Wildman–Crippen LogP) is 3.91. The minimum absolute atomic E-state index is 0.223. The van der Waals surface area contributed by atoms with Gasteiger partial charge >= 0.3 is 12.1 Å². The molecule has 6 heteroatoms. The third kappa shape index (κ3) is 4.86. The first-order valence-electron chi connectivity index (χ1n) is 7.91. The summed E-state index contributed by atoms with van der Waals surface area (Å²) >= 11 is 0. The lowest BCUT2D eigenvalue weighted by Gasteiger charge is -2.13. The molecule has 0 aliphatic rings. The van der Waals surface area contributed by atoms with E-state index in [4.69, 9.17) is 14.2 Å². The van der Waals surface area contributed by atoms with Crippen molar-refractivity contribution in [2.75, 3.05) is 14.2 Å². The average Bonchev–Trinajstić information content (AvgIpc) is 2.65.